The highest BCUT2D eigenvalue weighted by atomic mass is 16.6. The number of alkyl carbamates (subject to hydrolysis) is 1. The van der Waals surface area contributed by atoms with Crippen molar-refractivity contribution < 1.29 is 9.53 Å². The second-order valence-corrected chi connectivity index (χ2v) is 7.98. The molecular formula is C17H31N3O2. The third-order valence-electron chi connectivity index (χ3n) is 3.80. The van der Waals surface area contributed by atoms with Crippen LogP contribution in [0.4, 0.5) is 4.79 Å². The number of hydrogen-bond acceptors (Lipinski definition) is 3. The zero-order valence-electron chi connectivity index (χ0n) is 15.1. The number of rotatable bonds is 5. The number of nitrogens with zero attached hydrogens (tertiary/aromatic N) is 2. The first-order valence-corrected chi connectivity index (χ1v) is 7.95. The van der Waals surface area contributed by atoms with Crippen LogP contribution in [0.25, 0.3) is 0 Å². The van der Waals surface area contributed by atoms with Gasteiger partial charge >= 0.3 is 6.09 Å². The van der Waals surface area contributed by atoms with Crippen LogP contribution in [0.5, 0.6) is 0 Å². The molecule has 0 aromatic carbocycles. The molecule has 1 aromatic heterocycles. The van der Waals surface area contributed by atoms with E-state index < -0.39 is 5.60 Å². The minimum absolute atomic E-state index is 0.260. The third-order valence-corrected chi connectivity index (χ3v) is 3.80. The van der Waals surface area contributed by atoms with Crippen molar-refractivity contribution in [3.63, 3.8) is 0 Å². The summed E-state index contributed by atoms with van der Waals surface area (Å²) in [5.41, 5.74) is 0.928. The zero-order valence-corrected chi connectivity index (χ0v) is 15.1. The number of amides is 1. The third kappa shape index (κ3) is 6.50. The SMILES string of the molecule is CC(Cn1cncc1CCNC(=O)OC(C)(C)C)C(C)(C)C. The number of nitrogens with one attached hydrogen (secondary N) is 1. The molecular weight excluding hydrogens is 278 g/mol. The highest BCUT2D eigenvalue weighted by Crippen LogP contribution is 2.27. The molecule has 0 bridgehead atoms. The van der Waals surface area contributed by atoms with Crippen LogP contribution in [0.1, 0.15) is 54.2 Å². The van der Waals surface area contributed by atoms with E-state index in [0.29, 0.717) is 12.5 Å². The maximum Gasteiger partial charge on any atom is 0.407 e. The Kier molecular flexibility index (Phi) is 6.03. The summed E-state index contributed by atoms with van der Waals surface area (Å²) < 4.78 is 7.40. The molecule has 0 aliphatic rings. The summed E-state index contributed by atoms with van der Waals surface area (Å²) in [6, 6.07) is 0. The van der Waals surface area contributed by atoms with Crippen molar-refractivity contribution in [2.45, 2.75) is 67.0 Å². The van der Waals surface area contributed by atoms with Crippen molar-refractivity contribution in [2.75, 3.05) is 6.54 Å². The van der Waals surface area contributed by atoms with Gasteiger partial charge in [0.05, 0.1) is 6.33 Å². The number of ether oxygens (including phenoxy) is 1. The lowest BCUT2D eigenvalue weighted by Gasteiger charge is -2.28. The smallest absolute Gasteiger partial charge is 0.407 e. The predicted octanol–water partition coefficient (Wildman–Crippen LogP) is 3.63. The molecule has 0 saturated carbocycles. The predicted molar refractivity (Wildman–Crippen MR) is 88.8 cm³/mol. The summed E-state index contributed by atoms with van der Waals surface area (Å²) in [6.07, 6.45) is 4.11. The molecule has 5 nitrogen and oxygen atoms in total. The molecule has 1 rings (SSSR count). The van der Waals surface area contributed by atoms with Gasteiger partial charge in [0.15, 0.2) is 0 Å². The van der Waals surface area contributed by atoms with Crippen LogP contribution in [0.15, 0.2) is 12.5 Å². The van der Waals surface area contributed by atoms with Gasteiger partial charge < -0.3 is 14.6 Å². The quantitative estimate of drug-likeness (QED) is 0.903. The summed E-state index contributed by atoms with van der Waals surface area (Å²) in [7, 11) is 0. The van der Waals surface area contributed by atoms with Crippen LogP contribution < -0.4 is 5.32 Å². The molecule has 1 atom stereocenters. The second kappa shape index (κ2) is 7.16. The van der Waals surface area contributed by atoms with E-state index in [0.717, 1.165) is 18.7 Å². The molecule has 1 amide bonds. The molecule has 5 heteroatoms. The molecule has 0 aliphatic heterocycles. The summed E-state index contributed by atoms with van der Waals surface area (Å²) in [4.78, 5) is 15.9. The molecule has 0 aliphatic carbocycles. The largest absolute Gasteiger partial charge is 0.444 e. The van der Waals surface area contributed by atoms with Crippen LogP contribution in [0, 0.1) is 11.3 Å². The lowest BCUT2D eigenvalue weighted by Crippen LogP contribution is -2.33. The van der Waals surface area contributed by atoms with Crippen molar-refractivity contribution in [3.05, 3.63) is 18.2 Å². The lowest BCUT2D eigenvalue weighted by molar-refractivity contribution is 0.0528. The van der Waals surface area contributed by atoms with Crippen LogP contribution in [0.2, 0.25) is 0 Å². The van der Waals surface area contributed by atoms with Gasteiger partial charge in [-0.3, -0.25) is 0 Å². The minimum atomic E-state index is -0.464. The molecule has 1 heterocycles. The van der Waals surface area contributed by atoms with Gasteiger partial charge in [0, 0.05) is 31.4 Å². The van der Waals surface area contributed by atoms with Crippen molar-refractivity contribution in [1.29, 1.82) is 0 Å². The fourth-order valence-corrected chi connectivity index (χ4v) is 1.90. The first-order chi connectivity index (χ1) is 9.99. The Morgan fingerprint density at radius 2 is 1.95 bits per heavy atom. The summed E-state index contributed by atoms with van der Waals surface area (Å²) in [5.74, 6) is 0.541. The van der Waals surface area contributed by atoms with Gasteiger partial charge in [-0.25, -0.2) is 9.78 Å². The van der Waals surface area contributed by atoms with Gasteiger partial charge in [-0.2, -0.15) is 0 Å². The minimum Gasteiger partial charge on any atom is -0.444 e. The summed E-state index contributed by atoms with van der Waals surface area (Å²) >= 11 is 0. The van der Waals surface area contributed by atoms with Crippen molar-refractivity contribution >= 4 is 6.09 Å². The molecule has 1 N–H and O–H groups in total. The molecule has 1 unspecified atom stereocenters. The van der Waals surface area contributed by atoms with E-state index in [4.69, 9.17) is 4.74 Å². The van der Waals surface area contributed by atoms with Gasteiger partial charge in [0.1, 0.15) is 5.60 Å². The van der Waals surface area contributed by atoms with E-state index in [1.165, 1.54) is 0 Å². The Hall–Kier alpha value is -1.52. The van der Waals surface area contributed by atoms with Crippen LogP contribution >= 0.6 is 0 Å². The van der Waals surface area contributed by atoms with Gasteiger partial charge in [-0.05, 0) is 32.1 Å². The van der Waals surface area contributed by atoms with Crippen molar-refractivity contribution in [2.24, 2.45) is 11.3 Å². The molecule has 126 valence electrons. The normalized spacial score (nSPS) is 13.8. The Morgan fingerprint density at radius 3 is 2.50 bits per heavy atom. The molecule has 0 spiro atoms. The van der Waals surface area contributed by atoms with Crippen LogP contribution in [0.3, 0.4) is 0 Å². The maximum atomic E-state index is 11.6. The Balaban J connectivity index is 2.48. The van der Waals surface area contributed by atoms with Crippen molar-refractivity contribution in [3.8, 4) is 0 Å². The van der Waals surface area contributed by atoms with E-state index in [9.17, 15) is 4.79 Å². The van der Waals surface area contributed by atoms with E-state index >= 15 is 0 Å². The topological polar surface area (TPSA) is 56.2 Å². The van der Waals surface area contributed by atoms with E-state index in [2.05, 4.69) is 42.6 Å². The van der Waals surface area contributed by atoms with E-state index in [-0.39, 0.29) is 11.5 Å². The molecule has 0 radical (unpaired) electrons. The number of imidazole rings is 1. The number of carbonyl (C=O) groups is 1. The first kappa shape index (κ1) is 18.5. The average molecular weight is 309 g/mol. The standard InChI is InChI=1S/C17H31N3O2/c1-13(16(2,3)4)11-20-12-18-10-14(20)8-9-19-15(21)22-17(5,6)7/h10,12-13H,8-9,11H2,1-7H3,(H,19,21). The van der Waals surface area contributed by atoms with Crippen molar-refractivity contribution in [1.82, 2.24) is 14.9 Å². The fraction of sp³-hybridized carbons (Fsp3) is 0.765. The monoisotopic (exact) mass is 309 g/mol. The van der Waals surface area contributed by atoms with Crippen LogP contribution in [-0.2, 0) is 17.7 Å². The molecule has 22 heavy (non-hydrogen) atoms. The highest BCUT2D eigenvalue weighted by Gasteiger charge is 2.21. The molecule has 0 fully saturated rings. The van der Waals surface area contributed by atoms with Gasteiger partial charge in [-0.1, -0.05) is 27.7 Å². The molecule has 1 aromatic rings. The number of hydrogen-bond donors (Lipinski definition) is 1. The maximum absolute atomic E-state index is 11.6. The molecule has 0 saturated heterocycles. The summed E-state index contributed by atoms with van der Waals surface area (Å²) in [6.45, 7) is 16.0. The fourth-order valence-electron chi connectivity index (χ4n) is 1.90. The van der Waals surface area contributed by atoms with Gasteiger partial charge in [0.2, 0.25) is 0 Å². The van der Waals surface area contributed by atoms with E-state index in [1.807, 2.05) is 33.3 Å². The Bertz CT molecular complexity index is 481. The Labute approximate surface area is 134 Å². The average Bonchev–Trinajstić information content (AvgIpc) is 2.73. The van der Waals surface area contributed by atoms with Crippen LogP contribution in [-0.4, -0.2) is 27.8 Å². The highest BCUT2D eigenvalue weighted by molar-refractivity contribution is 5.67. The van der Waals surface area contributed by atoms with Gasteiger partial charge in [0.25, 0.3) is 0 Å². The number of aromatic nitrogens is 2. The van der Waals surface area contributed by atoms with E-state index in [1.54, 1.807) is 0 Å². The number of carbonyl (C=O) groups excluding carboxylic acids is 1. The second-order valence-electron chi connectivity index (χ2n) is 7.98. The summed E-state index contributed by atoms with van der Waals surface area (Å²) in [5, 5.41) is 2.79. The zero-order chi connectivity index (χ0) is 17.0. The van der Waals surface area contributed by atoms with Gasteiger partial charge in [-0.15, -0.1) is 0 Å². The lowest BCUT2D eigenvalue weighted by atomic mass is 9.82. The first-order valence-electron chi connectivity index (χ1n) is 7.95. The Morgan fingerprint density at radius 1 is 1.32 bits per heavy atom.